The SMILES string of the molecule is Cc1nc2ccccc2nc1SC(C)C(=O)N(C)Cc1ccccc1. The highest BCUT2D eigenvalue weighted by Gasteiger charge is 2.21. The Bertz CT molecular complexity index is 883. The first kappa shape index (κ1) is 17.4. The van der Waals surface area contributed by atoms with E-state index in [2.05, 4.69) is 9.97 Å². The Labute approximate surface area is 152 Å². The van der Waals surface area contributed by atoms with Gasteiger partial charge in [0.05, 0.1) is 22.0 Å². The number of nitrogens with zero attached hydrogens (tertiary/aromatic N) is 3. The molecule has 0 saturated carbocycles. The van der Waals surface area contributed by atoms with Crippen molar-refractivity contribution in [1.29, 1.82) is 0 Å². The molecule has 128 valence electrons. The number of para-hydroxylation sites is 2. The number of carbonyl (C=O) groups is 1. The maximum atomic E-state index is 12.7. The quantitative estimate of drug-likeness (QED) is 0.650. The van der Waals surface area contributed by atoms with Gasteiger partial charge < -0.3 is 4.90 Å². The van der Waals surface area contributed by atoms with Crippen LogP contribution in [0.15, 0.2) is 59.6 Å². The van der Waals surface area contributed by atoms with Crippen LogP contribution in [0, 0.1) is 6.92 Å². The summed E-state index contributed by atoms with van der Waals surface area (Å²) in [7, 11) is 1.84. The van der Waals surface area contributed by atoms with E-state index in [1.165, 1.54) is 11.8 Å². The second kappa shape index (κ2) is 7.66. The third kappa shape index (κ3) is 4.17. The molecule has 0 radical (unpaired) electrons. The Morgan fingerprint density at radius 1 is 1.04 bits per heavy atom. The van der Waals surface area contributed by atoms with Crippen molar-refractivity contribution >= 4 is 28.7 Å². The van der Waals surface area contributed by atoms with Crippen LogP contribution in [-0.4, -0.2) is 33.1 Å². The minimum absolute atomic E-state index is 0.0863. The lowest BCUT2D eigenvalue weighted by Gasteiger charge is -2.21. The molecule has 1 amide bonds. The van der Waals surface area contributed by atoms with Crippen LogP contribution >= 0.6 is 11.8 Å². The van der Waals surface area contributed by atoms with Crippen molar-refractivity contribution in [2.24, 2.45) is 0 Å². The molecule has 5 heteroatoms. The first-order chi connectivity index (χ1) is 12.0. The number of benzene rings is 2. The summed E-state index contributed by atoms with van der Waals surface area (Å²) in [5.74, 6) is 0.0863. The Morgan fingerprint density at radius 2 is 1.64 bits per heavy atom. The standard InChI is InChI=1S/C20H21N3OS/c1-14-19(22-18-12-8-7-11-17(18)21-14)25-15(2)20(24)23(3)13-16-9-5-4-6-10-16/h4-12,15H,13H2,1-3H3. The fourth-order valence-electron chi connectivity index (χ4n) is 2.65. The summed E-state index contributed by atoms with van der Waals surface area (Å²) in [6.45, 7) is 4.46. The molecular formula is C20H21N3OS. The number of aryl methyl sites for hydroxylation is 1. The molecule has 0 aliphatic heterocycles. The molecule has 2 aromatic carbocycles. The van der Waals surface area contributed by atoms with Gasteiger partial charge in [0.15, 0.2) is 0 Å². The maximum Gasteiger partial charge on any atom is 0.235 e. The first-order valence-corrected chi connectivity index (χ1v) is 9.11. The molecule has 3 aromatic rings. The second-order valence-electron chi connectivity index (χ2n) is 6.04. The van der Waals surface area contributed by atoms with Crippen LogP contribution in [0.5, 0.6) is 0 Å². The van der Waals surface area contributed by atoms with Crippen molar-refractivity contribution in [1.82, 2.24) is 14.9 Å². The monoisotopic (exact) mass is 351 g/mol. The van der Waals surface area contributed by atoms with Crippen LogP contribution in [0.4, 0.5) is 0 Å². The van der Waals surface area contributed by atoms with Gasteiger partial charge in [-0.05, 0) is 31.5 Å². The predicted molar refractivity (Wildman–Crippen MR) is 103 cm³/mol. The van der Waals surface area contributed by atoms with Gasteiger partial charge in [0.2, 0.25) is 5.91 Å². The summed E-state index contributed by atoms with van der Waals surface area (Å²) in [6, 6.07) is 17.8. The van der Waals surface area contributed by atoms with Gasteiger partial charge in [0, 0.05) is 13.6 Å². The zero-order valence-corrected chi connectivity index (χ0v) is 15.5. The van der Waals surface area contributed by atoms with Gasteiger partial charge in [-0.1, -0.05) is 54.2 Å². The molecule has 1 aromatic heterocycles. The Balaban J connectivity index is 1.71. The largest absolute Gasteiger partial charge is 0.340 e. The van der Waals surface area contributed by atoms with Crippen molar-refractivity contribution in [2.75, 3.05) is 7.05 Å². The van der Waals surface area contributed by atoms with Gasteiger partial charge in [-0.15, -0.1) is 0 Å². The molecule has 1 atom stereocenters. The van der Waals surface area contributed by atoms with Crippen molar-refractivity contribution < 1.29 is 4.79 Å². The summed E-state index contributed by atoms with van der Waals surface area (Å²) in [5.41, 5.74) is 3.71. The molecule has 0 aliphatic carbocycles. The van der Waals surface area contributed by atoms with E-state index in [-0.39, 0.29) is 11.2 Å². The van der Waals surface area contributed by atoms with Gasteiger partial charge in [-0.3, -0.25) is 4.79 Å². The third-order valence-electron chi connectivity index (χ3n) is 3.98. The topological polar surface area (TPSA) is 46.1 Å². The lowest BCUT2D eigenvalue weighted by atomic mass is 10.2. The van der Waals surface area contributed by atoms with Crippen LogP contribution in [0.25, 0.3) is 11.0 Å². The molecule has 0 bridgehead atoms. The second-order valence-corrected chi connectivity index (χ2v) is 7.37. The number of rotatable bonds is 5. The van der Waals surface area contributed by atoms with Gasteiger partial charge in [0.25, 0.3) is 0 Å². The van der Waals surface area contributed by atoms with Gasteiger partial charge >= 0.3 is 0 Å². The van der Waals surface area contributed by atoms with Crippen molar-refractivity contribution in [3.05, 3.63) is 65.9 Å². The highest BCUT2D eigenvalue weighted by molar-refractivity contribution is 8.00. The highest BCUT2D eigenvalue weighted by Crippen LogP contribution is 2.27. The van der Waals surface area contributed by atoms with Crippen LogP contribution in [0.1, 0.15) is 18.2 Å². The molecule has 0 spiro atoms. The Kier molecular flexibility index (Phi) is 5.34. The number of carbonyl (C=O) groups excluding carboxylic acids is 1. The van der Waals surface area contributed by atoms with Gasteiger partial charge in [-0.2, -0.15) is 0 Å². The number of hydrogen-bond donors (Lipinski definition) is 0. The fraction of sp³-hybridized carbons (Fsp3) is 0.250. The van der Waals surface area contributed by atoms with E-state index < -0.39 is 0 Å². The zero-order chi connectivity index (χ0) is 17.8. The van der Waals surface area contributed by atoms with Crippen LogP contribution in [0.2, 0.25) is 0 Å². The van der Waals surface area contributed by atoms with E-state index >= 15 is 0 Å². The highest BCUT2D eigenvalue weighted by atomic mass is 32.2. The van der Waals surface area contributed by atoms with Crippen molar-refractivity contribution in [2.45, 2.75) is 30.7 Å². The van der Waals surface area contributed by atoms with Crippen LogP contribution < -0.4 is 0 Å². The molecule has 25 heavy (non-hydrogen) atoms. The molecule has 0 saturated heterocycles. The molecule has 1 unspecified atom stereocenters. The first-order valence-electron chi connectivity index (χ1n) is 8.23. The predicted octanol–water partition coefficient (Wildman–Crippen LogP) is 4.08. The molecule has 4 nitrogen and oxygen atoms in total. The van der Waals surface area contributed by atoms with E-state index in [0.29, 0.717) is 6.54 Å². The maximum absolute atomic E-state index is 12.7. The van der Waals surface area contributed by atoms with Crippen LogP contribution in [0.3, 0.4) is 0 Å². The van der Waals surface area contributed by atoms with E-state index in [9.17, 15) is 4.79 Å². The molecule has 1 heterocycles. The van der Waals surface area contributed by atoms with E-state index in [1.54, 1.807) is 4.90 Å². The normalized spacial score (nSPS) is 12.1. The summed E-state index contributed by atoms with van der Waals surface area (Å²) >= 11 is 1.47. The number of fused-ring (bicyclic) bond motifs is 1. The summed E-state index contributed by atoms with van der Waals surface area (Å²) in [5, 5.41) is 0.593. The number of thioether (sulfide) groups is 1. The number of hydrogen-bond acceptors (Lipinski definition) is 4. The lowest BCUT2D eigenvalue weighted by molar-refractivity contribution is -0.129. The van der Waals surface area contributed by atoms with E-state index in [1.807, 2.05) is 75.5 Å². The molecule has 0 N–H and O–H groups in total. The van der Waals surface area contributed by atoms with Crippen molar-refractivity contribution in [3.63, 3.8) is 0 Å². The Morgan fingerprint density at radius 3 is 2.32 bits per heavy atom. The minimum Gasteiger partial charge on any atom is -0.340 e. The average molecular weight is 351 g/mol. The molecule has 0 fully saturated rings. The van der Waals surface area contributed by atoms with Crippen LogP contribution in [-0.2, 0) is 11.3 Å². The average Bonchev–Trinajstić information content (AvgIpc) is 2.62. The van der Waals surface area contributed by atoms with Crippen molar-refractivity contribution in [3.8, 4) is 0 Å². The Hall–Kier alpha value is -2.40. The minimum atomic E-state index is -0.220. The molecular weight excluding hydrogens is 330 g/mol. The van der Waals surface area contributed by atoms with Gasteiger partial charge in [0.1, 0.15) is 5.03 Å². The molecule has 3 rings (SSSR count). The molecule has 0 aliphatic rings. The van der Waals surface area contributed by atoms with Gasteiger partial charge in [-0.25, -0.2) is 9.97 Å². The summed E-state index contributed by atoms with van der Waals surface area (Å²) in [4.78, 5) is 23.7. The third-order valence-corrected chi connectivity index (χ3v) is 5.14. The number of aromatic nitrogens is 2. The summed E-state index contributed by atoms with van der Waals surface area (Å²) < 4.78 is 0. The lowest BCUT2D eigenvalue weighted by Crippen LogP contribution is -2.32. The fourth-order valence-corrected chi connectivity index (χ4v) is 3.63. The van der Waals surface area contributed by atoms with E-state index in [0.717, 1.165) is 27.3 Å². The summed E-state index contributed by atoms with van der Waals surface area (Å²) in [6.07, 6.45) is 0. The zero-order valence-electron chi connectivity index (χ0n) is 14.6. The number of amides is 1. The van der Waals surface area contributed by atoms with E-state index in [4.69, 9.17) is 0 Å². The smallest absolute Gasteiger partial charge is 0.235 e.